The summed E-state index contributed by atoms with van der Waals surface area (Å²) >= 11 is 0. The maximum absolute atomic E-state index is 11.5. The van der Waals surface area contributed by atoms with Crippen molar-refractivity contribution in [2.45, 2.75) is 218 Å². The molecule has 51 heavy (non-hydrogen) atoms. The molecule has 0 aromatic rings. The molecule has 294 valence electrons. The third-order valence-corrected chi connectivity index (χ3v) is 9.28. The molecule has 2 fully saturated rings. The first-order valence-electron chi connectivity index (χ1n) is 18.8. The predicted molar refractivity (Wildman–Crippen MR) is 199 cm³/mol. The van der Waals surface area contributed by atoms with E-state index in [-0.39, 0.29) is 84.9 Å². The molecule has 0 saturated carbocycles. The summed E-state index contributed by atoms with van der Waals surface area (Å²) in [7, 11) is 0. The van der Waals surface area contributed by atoms with E-state index in [1.165, 1.54) is 0 Å². The van der Waals surface area contributed by atoms with Crippen molar-refractivity contribution in [3.63, 3.8) is 0 Å². The number of hydrogen-bond donors (Lipinski definition) is 6. The van der Waals surface area contributed by atoms with Crippen molar-refractivity contribution in [2.24, 2.45) is 0 Å². The van der Waals surface area contributed by atoms with Crippen LogP contribution in [0.25, 0.3) is 0 Å². The van der Waals surface area contributed by atoms with Crippen LogP contribution in [0, 0.1) is 0 Å². The largest absolute Gasteiger partial charge is 0.481 e. The van der Waals surface area contributed by atoms with Crippen LogP contribution < -0.4 is 10.6 Å². The zero-order chi connectivity index (χ0) is 38.2. The zero-order valence-corrected chi connectivity index (χ0v) is 35.2. The van der Waals surface area contributed by atoms with Crippen molar-refractivity contribution in [3.05, 3.63) is 0 Å². The second-order valence-corrected chi connectivity index (χ2v) is 17.2. The molecule has 6 N–H and O–H groups in total. The number of piperidine rings is 2. The van der Waals surface area contributed by atoms with Gasteiger partial charge in [-0.05, 0) is 107 Å². The molecule has 2 radical (unpaired) electrons. The number of ether oxygens (including phenoxy) is 2. The first kappa shape index (κ1) is 50.0. The molecular formula is C38H70CaN2O10. The van der Waals surface area contributed by atoms with E-state index in [4.69, 9.17) is 19.7 Å². The zero-order valence-electron chi connectivity index (χ0n) is 33.0. The van der Waals surface area contributed by atoms with Crippen LogP contribution in [0.5, 0.6) is 0 Å². The predicted octanol–water partition coefficient (Wildman–Crippen LogP) is 6.78. The Balaban J connectivity index is 0.000000962. The molecule has 0 amide bonds. The number of nitrogens with one attached hydrogen (secondary N) is 2. The number of hydrogen-bond acceptors (Lipinski definition) is 8. The number of rotatable bonds is 22. The van der Waals surface area contributed by atoms with Gasteiger partial charge in [0.25, 0.3) is 0 Å². The summed E-state index contributed by atoms with van der Waals surface area (Å²) < 4.78 is 11.9. The van der Waals surface area contributed by atoms with E-state index in [0.717, 1.165) is 77.0 Å². The SMILES string of the molecule is CC1(C)CC(OC(CCCCCCCC(=O)O)C(=O)O)CC(C)(C)N1.CC1(C)CC(OC(CCCCCCCC(=O)O)C(=O)O)CC(C)(C)N1.[Ca]. The molecule has 2 aliphatic heterocycles. The summed E-state index contributed by atoms with van der Waals surface area (Å²) in [6, 6.07) is 0. The summed E-state index contributed by atoms with van der Waals surface area (Å²) in [4.78, 5) is 44.0. The second-order valence-electron chi connectivity index (χ2n) is 17.2. The molecule has 0 aromatic carbocycles. The fourth-order valence-electron chi connectivity index (χ4n) is 7.89. The Morgan fingerprint density at radius 1 is 0.510 bits per heavy atom. The monoisotopic (exact) mass is 754 g/mol. The molecule has 12 nitrogen and oxygen atoms in total. The molecule has 2 rings (SSSR count). The van der Waals surface area contributed by atoms with E-state index in [2.05, 4.69) is 66.0 Å². The summed E-state index contributed by atoms with van der Waals surface area (Å²) in [6.45, 7) is 17.0. The van der Waals surface area contributed by atoms with Crippen molar-refractivity contribution in [1.82, 2.24) is 10.6 Å². The van der Waals surface area contributed by atoms with Crippen LogP contribution >= 0.6 is 0 Å². The van der Waals surface area contributed by atoms with E-state index in [9.17, 15) is 29.4 Å². The fourth-order valence-corrected chi connectivity index (χ4v) is 7.89. The van der Waals surface area contributed by atoms with E-state index >= 15 is 0 Å². The Bertz CT molecular complexity index is 951. The topological polar surface area (TPSA) is 192 Å². The fraction of sp³-hybridized carbons (Fsp3) is 0.895. The van der Waals surface area contributed by atoms with E-state index < -0.39 is 36.1 Å². The maximum Gasteiger partial charge on any atom is 0.332 e. The smallest absolute Gasteiger partial charge is 0.332 e. The number of carbonyl (C=O) groups is 4. The van der Waals surface area contributed by atoms with Gasteiger partial charge in [-0.2, -0.15) is 0 Å². The Kier molecular flexibility index (Phi) is 23.2. The third kappa shape index (κ3) is 24.1. The van der Waals surface area contributed by atoms with Crippen LogP contribution in [0.3, 0.4) is 0 Å². The molecule has 0 aromatic heterocycles. The van der Waals surface area contributed by atoms with Gasteiger partial charge in [-0.25, -0.2) is 9.59 Å². The molecule has 2 saturated heterocycles. The minimum absolute atomic E-state index is 0. The Labute approximate surface area is 337 Å². The first-order chi connectivity index (χ1) is 23.0. The molecule has 0 spiro atoms. The van der Waals surface area contributed by atoms with Crippen molar-refractivity contribution >= 4 is 61.6 Å². The molecular weight excluding hydrogens is 685 g/mol. The van der Waals surface area contributed by atoms with Gasteiger partial charge in [0.2, 0.25) is 0 Å². The Hall–Kier alpha value is -1.02. The molecule has 13 heteroatoms. The quantitative estimate of drug-likeness (QED) is 0.0502. The van der Waals surface area contributed by atoms with E-state index in [0.29, 0.717) is 25.7 Å². The van der Waals surface area contributed by atoms with Crippen LogP contribution in [-0.2, 0) is 28.7 Å². The van der Waals surface area contributed by atoms with Gasteiger partial charge < -0.3 is 40.5 Å². The van der Waals surface area contributed by atoms with Gasteiger partial charge in [0.1, 0.15) is 0 Å². The Morgan fingerprint density at radius 3 is 1.02 bits per heavy atom. The number of aliphatic carboxylic acids is 4. The van der Waals surface area contributed by atoms with Crippen LogP contribution in [0.15, 0.2) is 0 Å². The first-order valence-corrected chi connectivity index (χ1v) is 18.8. The van der Waals surface area contributed by atoms with Gasteiger partial charge in [-0.15, -0.1) is 0 Å². The van der Waals surface area contributed by atoms with Crippen molar-refractivity contribution in [1.29, 1.82) is 0 Å². The van der Waals surface area contributed by atoms with Gasteiger partial charge in [-0.1, -0.05) is 51.4 Å². The van der Waals surface area contributed by atoms with Gasteiger partial charge in [-0.3, -0.25) is 9.59 Å². The summed E-state index contributed by atoms with van der Waals surface area (Å²) in [6.07, 6.45) is 11.4. The maximum atomic E-state index is 11.5. The minimum Gasteiger partial charge on any atom is -0.481 e. The normalized spacial score (nSPS) is 20.5. The molecule has 2 atom stereocenters. The van der Waals surface area contributed by atoms with Crippen LogP contribution in [-0.4, -0.2) is 129 Å². The average Bonchev–Trinajstić information content (AvgIpc) is 2.91. The van der Waals surface area contributed by atoms with Gasteiger partial charge in [0.15, 0.2) is 12.2 Å². The molecule has 0 bridgehead atoms. The summed E-state index contributed by atoms with van der Waals surface area (Å²) in [5.74, 6) is -3.29. The van der Waals surface area contributed by atoms with Crippen LogP contribution in [0.4, 0.5) is 0 Å². The molecule has 2 unspecified atom stereocenters. The second kappa shape index (κ2) is 23.7. The van der Waals surface area contributed by atoms with Crippen LogP contribution in [0.2, 0.25) is 0 Å². The van der Waals surface area contributed by atoms with Crippen molar-refractivity contribution in [2.75, 3.05) is 0 Å². The van der Waals surface area contributed by atoms with Gasteiger partial charge >= 0.3 is 23.9 Å². The average molecular weight is 755 g/mol. The van der Waals surface area contributed by atoms with E-state index in [1.54, 1.807) is 0 Å². The third-order valence-electron chi connectivity index (χ3n) is 9.28. The van der Waals surface area contributed by atoms with Gasteiger partial charge in [0.05, 0.1) is 12.2 Å². The van der Waals surface area contributed by atoms with E-state index in [1.807, 2.05) is 0 Å². The number of carboxylic acid groups (broad SMARTS) is 4. The molecule has 2 aliphatic rings. The van der Waals surface area contributed by atoms with Crippen LogP contribution in [0.1, 0.15) is 171 Å². The molecule has 2 heterocycles. The standard InChI is InChI=1S/2C19H35NO5.Ca/c2*1-18(2)12-14(13-19(3,4)20-18)25-15(17(23)24)10-8-6-5-7-9-11-16(21)22;/h2*14-15,20H,5-13H2,1-4H3,(H,21,22)(H,23,24);. The van der Waals surface area contributed by atoms with Gasteiger partial charge in [0, 0.05) is 72.7 Å². The Morgan fingerprint density at radius 2 is 0.765 bits per heavy atom. The van der Waals surface area contributed by atoms with Crippen molar-refractivity contribution < 1.29 is 49.1 Å². The summed E-state index contributed by atoms with van der Waals surface area (Å²) in [5.41, 5.74) is -0.279. The number of carboxylic acids is 4. The molecule has 0 aliphatic carbocycles. The van der Waals surface area contributed by atoms with Crippen molar-refractivity contribution in [3.8, 4) is 0 Å². The summed E-state index contributed by atoms with van der Waals surface area (Å²) in [5, 5.41) is 43.3. The number of unbranched alkanes of at least 4 members (excludes halogenated alkanes) is 8. The minimum atomic E-state index is -0.889.